The molecule has 1 saturated heterocycles. The van der Waals surface area contributed by atoms with E-state index in [1.807, 2.05) is 0 Å². The molecule has 3 rings (SSSR count). The molecule has 1 aromatic rings. The summed E-state index contributed by atoms with van der Waals surface area (Å²) in [6, 6.07) is 3.26. The van der Waals surface area contributed by atoms with Gasteiger partial charge < -0.3 is 5.32 Å². The number of halogens is 2. The lowest BCUT2D eigenvalue weighted by Crippen LogP contribution is -2.52. The Labute approximate surface area is 159 Å². The van der Waals surface area contributed by atoms with E-state index in [2.05, 4.69) is 5.32 Å². The van der Waals surface area contributed by atoms with Gasteiger partial charge in [0, 0.05) is 23.0 Å². The number of hydrogen-bond donors (Lipinski definition) is 1. The summed E-state index contributed by atoms with van der Waals surface area (Å²) < 4.78 is 65.2. The van der Waals surface area contributed by atoms with E-state index in [0.29, 0.717) is 39.8 Å². The topological polar surface area (TPSA) is 32.3 Å². The van der Waals surface area contributed by atoms with Gasteiger partial charge >= 0.3 is 0 Å². The quantitative estimate of drug-likeness (QED) is 0.875. The highest BCUT2D eigenvalue weighted by Crippen LogP contribution is 2.27. The lowest BCUT2D eigenvalue weighted by molar-refractivity contribution is -0.121. The van der Waals surface area contributed by atoms with Crippen LogP contribution in [0.25, 0.3) is 0 Å². The number of amides is 1. The summed E-state index contributed by atoms with van der Waals surface area (Å²) in [7, 11) is 0. The van der Waals surface area contributed by atoms with Crippen molar-refractivity contribution in [1.29, 1.82) is 0 Å². The monoisotopic (exact) mass is 362 g/mol. The highest BCUT2D eigenvalue weighted by Gasteiger charge is 2.32. The summed E-state index contributed by atoms with van der Waals surface area (Å²) in [4.78, 5) is 13.3. The first-order valence-electron chi connectivity index (χ1n) is 11.7. The van der Waals surface area contributed by atoms with Gasteiger partial charge in [-0.15, -0.1) is 0 Å². The Morgan fingerprint density at radius 3 is 2.70 bits per heavy atom. The maximum absolute atomic E-state index is 12.7. The number of rotatable bonds is 4. The molecule has 2 fully saturated rings. The van der Waals surface area contributed by atoms with Gasteiger partial charge in [-0.3, -0.25) is 9.69 Å². The molecule has 0 unspecified atom stereocenters. The number of likely N-dealkylation sites (tertiary alicyclic amines) is 1. The maximum Gasteiger partial charge on any atom is 0.224 e. The number of carbonyl (C=O) groups excluding carboxylic acids is 1. The second kappa shape index (κ2) is 7.87. The summed E-state index contributed by atoms with van der Waals surface area (Å²) in [5, 5.41) is 3.50. The summed E-state index contributed by atoms with van der Waals surface area (Å²) in [5.41, 5.74) is 0.624. The van der Waals surface area contributed by atoms with Crippen molar-refractivity contribution in [3.63, 3.8) is 0 Å². The summed E-state index contributed by atoms with van der Waals surface area (Å²) >= 11 is 11.9. The zero-order valence-corrected chi connectivity index (χ0v) is 14.0. The molecule has 1 aromatic carbocycles. The molecule has 1 aliphatic carbocycles. The van der Waals surface area contributed by atoms with Crippen molar-refractivity contribution in [3.8, 4) is 0 Å². The third-order valence-electron chi connectivity index (χ3n) is 4.17. The van der Waals surface area contributed by atoms with Gasteiger partial charge in [-0.25, -0.2) is 0 Å². The molecule has 1 N–H and O–H groups in total. The molecule has 1 aliphatic heterocycles. The second-order valence-corrected chi connectivity index (χ2v) is 6.61. The molecule has 126 valence electrons. The maximum atomic E-state index is 12.7. The lowest BCUT2D eigenvalue weighted by atomic mass is 9.89. The number of nitrogens with one attached hydrogen (secondary N) is 1. The van der Waals surface area contributed by atoms with Crippen LogP contribution < -0.4 is 5.32 Å². The van der Waals surface area contributed by atoms with E-state index in [1.54, 1.807) is 18.2 Å². The van der Waals surface area contributed by atoms with E-state index in [-0.39, 0.29) is 12.3 Å². The SMILES string of the molecule is [2H]C1([2H])N([C@@H]2CCCC[C@H]2NC(=O)Cc2ccc(Cl)c(Cl)c2)C([2H])([2H])C([2H])([2H])C1([2H])[2H]. The van der Waals surface area contributed by atoms with Crippen LogP contribution in [-0.4, -0.2) is 35.9 Å². The molecule has 0 spiro atoms. The third kappa shape index (κ3) is 4.40. The number of nitrogens with zero attached hydrogens (tertiary/aromatic N) is 1. The van der Waals surface area contributed by atoms with Gasteiger partial charge in [0.2, 0.25) is 5.91 Å². The Morgan fingerprint density at radius 2 is 1.96 bits per heavy atom. The lowest BCUT2D eigenvalue weighted by Gasteiger charge is -2.38. The molecule has 0 radical (unpaired) electrons. The first-order chi connectivity index (χ1) is 14.1. The predicted molar refractivity (Wildman–Crippen MR) is 95.2 cm³/mol. The van der Waals surface area contributed by atoms with Gasteiger partial charge in [-0.2, -0.15) is 0 Å². The van der Waals surface area contributed by atoms with E-state index in [9.17, 15) is 4.79 Å². The predicted octanol–water partition coefficient (Wildman–Crippen LogP) is 4.06. The molecule has 3 nitrogen and oxygen atoms in total. The van der Waals surface area contributed by atoms with Crippen LogP contribution in [-0.2, 0) is 11.2 Å². The van der Waals surface area contributed by atoms with Crippen molar-refractivity contribution < 1.29 is 15.8 Å². The van der Waals surface area contributed by atoms with Crippen molar-refractivity contribution in [1.82, 2.24) is 10.2 Å². The minimum absolute atomic E-state index is 0.0124. The largest absolute Gasteiger partial charge is 0.352 e. The van der Waals surface area contributed by atoms with E-state index < -0.39 is 37.8 Å². The minimum Gasteiger partial charge on any atom is -0.352 e. The van der Waals surface area contributed by atoms with Crippen LogP contribution in [0.4, 0.5) is 0 Å². The Balaban J connectivity index is 1.85. The molecule has 0 aromatic heterocycles. The van der Waals surface area contributed by atoms with Crippen LogP contribution in [0.2, 0.25) is 10.0 Å². The van der Waals surface area contributed by atoms with Crippen molar-refractivity contribution in [2.75, 3.05) is 13.0 Å². The van der Waals surface area contributed by atoms with Crippen LogP contribution >= 0.6 is 23.2 Å². The van der Waals surface area contributed by atoms with Gasteiger partial charge in [-0.1, -0.05) is 42.1 Å². The van der Waals surface area contributed by atoms with E-state index in [0.717, 1.165) is 6.42 Å². The third-order valence-corrected chi connectivity index (χ3v) is 4.91. The van der Waals surface area contributed by atoms with Crippen LogP contribution in [0.5, 0.6) is 0 Å². The molecular formula is C18H24Cl2N2O. The smallest absolute Gasteiger partial charge is 0.224 e. The zero-order chi connectivity index (χ0) is 23.4. The minimum atomic E-state index is -3.09. The Bertz CT molecular complexity index is 841. The van der Waals surface area contributed by atoms with E-state index in [4.69, 9.17) is 34.2 Å². The zero-order valence-electron chi connectivity index (χ0n) is 20.5. The molecule has 2 atom stereocenters. The summed E-state index contributed by atoms with van der Waals surface area (Å²) in [6.07, 6.45) is -4.06. The van der Waals surface area contributed by atoms with Gasteiger partial charge in [-0.05, 0) is 56.3 Å². The Kier molecular flexibility index (Phi) is 3.30. The molecule has 5 heteroatoms. The molecule has 1 amide bonds. The number of hydrogen-bond acceptors (Lipinski definition) is 2. The van der Waals surface area contributed by atoms with E-state index in [1.165, 1.54) is 0 Å². The average Bonchev–Trinajstić information content (AvgIpc) is 2.72. The van der Waals surface area contributed by atoms with Crippen LogP contribution in [0.1, 0.15) is 55.0 Å². The van der Waals surface area contributed by atoms with Crippen molar-refractivity contribution >= 4 is 29.1 Å². The van der Waals surface area contributed by atoms with Gasteiger partial charge in [0.25, 0.3) is 0 Å². The van der Waals surface area contributed by atoms with Gasteiger partial charge in [0.05, 0.1) is 16.5 Å². The first-order valence-corrected chi connectivity index (χ1v) is 8.43. The number of benzene rings is 1. The standard InChI is InChI=1S/C18H24Cl2N2O/c19-14-8-7-13(11-15(14)20)12-18(23)21-16-5-1-2-6-17(16)22-9-3-4-10-22/h7-8,11,16-17H,1-6,9-10,12H2,(H,21,23)/t16-,17-/m1/s1/i3D2,4D2,9D2,10D2. The highest BCUT2D eigenvalue weighted by molar-refractivity contribution is 6.42. The van der Waals surface area contributed by atoms with Crippen LogP contribution in [0.15, 0.2) is 18.2 Å². The van der Waals surface area contributed by atoms with Crippen LogP contribution in [0.3, 0.4) is 0 Å². The highest BCUT2D eigenvalue weighted by atomic mass is 35.5. The Hall–Kier alpha value is -0.770. The Morgan fingerprint density at radius 1 is 1.22 bits per heavy atom. The van der Waals surface area contributed by atoms with Crippen molar-refractivity contribution in [2.45, 2.75) is 56.9 Å². The average molecular weight is 363 g/mol. The van der Waals surface area contributed by atoms with Gasteiger partial charge in [0.1, 0.15) is 0 Å². The fourth-order valence-electron chi connectivity index (χ4n) is 3.05. The fourth-order valence-corrected chi connectivity index (χ4v) is 3.37. The summed E-state index contributed by atoms with van der Waals surface area (Å²) in [5.74, 6) is -0.373. The van der Waals surface area contributed by atoms with E-state index >= 15 is 0 Å². The van der Waals surface area contributed by atoms with Crippen molar-refractivity contribution in [2.24, 2.45) is 0 Å². The molecule has 2 aliphatic rings. The molecule has 1 saturated carbocycles. The second-order valence-electron chi connectivity index (χ2n) is 5.79. The molecule has 23 heavy (non-hydrogen) atoms. The number of carbonyl (C=O) groups is 1. The fraction of sp³-hybridized carbons (Fsp3) is 0.611. The molecule has 1 heterocycles. The first kappa shape index (κ1) is 9.65. The van der Waals surface area contributed by atoms with Crippen LogP contribution in [0, 0.1) is 0 Å². The summed E-state index contributed by atoms with van der Waals surface area (Å²) in [6.45, 7) is -5.82. The van der Waals surface area contributed by atoms with Gasteiger partial charge in [0.15, 0.2) is 0 Å². The normalized spacial score (nSPS) is 39.4. The van der Waals surface area contributed by atoms with Crippen molar-refractivity contribution in [3.05, 3.63) is 33.8 Å². The molecular weight excluding hydrogens is 331 g/mol. The molecule has 0 bridgehead atoms.